The maximum atomic E-state index is 12.2. The molecule has 0 aliphatic heterocycles. The van der Waals surface area contributed by atoms with Gasteiger partial charge in [0, 0.05) is 4.88 Å². The summed E-state index contributed by atoms with van der Waals surface area (Å²) in [5, 5.41) is 7.27. The molecule has 152 valence electrons. The molecule has 1 aromatic carbocycles. The third kappa shape index (κ3) is 6.43. The van der Waals surface area contributed by atoms with Gasteiger partial charge >= 0.3 is 0 Å². The van der Waals surface area contributed by atoms with E-state index in [-0.39, 0.29) is 29.3 Å². The number of amides is 2. The van der Waals surface area contributed by atoms with E-state index in [9.17, 15) is 18.0 Å². The number of hydrogen-bond acceptors (Lipinski definition) is 5. The van der Waals surface area contributed by atoms with Gasteiger partial charge in [0.1, 0.15) is 0 Å². The maximum Gasteiger partial charge on any atom is 0.241 e. The van der Waals surface area contributed by atoms with E-state index in [2.05, 4.69) is 15.4 Å². The molecular formula is C19H25N3O4S2. The van der Waals surface area contributed by atoms with Crippen LogP contribution in [0.3, 0.4) is 0 Å². The zero-order valence-corrected chi connectivity index (χ0v) is 17.7. The van der Waals surface area contributed by atoms with Crippen LogP contribution in [-0.4, -0.2) is 33.3 Å². The first-order valence-electron chi connectivity index (χ1n) is 8.85. The molecule has 0 spiro atoms. The Morgan fingerprint density at radius 1 is 1.04 bits per heavy atom. The molecule has 28 heavy (non-hydrogen) atoms. The number of sulfonamides is 1. The third-order valence-corrected chi connectivity index (χ3v) is 6.41. The van der Waals surface area contributed by atoms with E-state index in [4.69, 9.17) is 0 Å². The molecule has 2 amide bonds. The first-order valence-corrected chi connectivity index (χ1v) is 11.2. The first kappa shape index (κ1) is 22.1. The summed E-state index contributed by atoms with van der Waals surface area (Å²) < 4.78 is 26.6. The van der Waals surface area contributed by atoms with Crippen molar-refractivity contribution in [2.45, 2.75) is 31.7 Å². The lowest BCUT2D eigenvalue weighted by atomic mass is 10.0. The highest BCUT2D eigenvalue weighted by Gasteiger charge is 2.20. The zero-order chi connectivity index (χ0) is 20.7. The van der Waals surface area contributed by atoms with Gasteiger partial charge in [-0.15, -0.1) is 11.3 Å². The molecule has 0 saturated heterocycles. The molecular weight excluding hydrogens is 398 g/mol. The summed E-state index contributed by atoms with van der Waals surface area (Å²) in [6, 6.07) is 10.0. The van der Waals surface area contributed by atoms with Crippen molar-refractivity contribution in [3.05, 3.63) is 52.2 Å². The number of hydrogen-bond donors (Lipinski definition) is 3. The molecule has 1 aromatic heterocycles. The van der Waals surface area contributed by atoms with Gasteiger partial charge in [-0.05, 0) is 36.4 Å². The number of nitrogens with one attached hydrogen (secondary N) is 3. The predicted molar refractivity (Wildman–Crippen MR) is 109 cm³/mol. The number of aryl methyl sites for hydroxylation is 1. The summed E-state index contributed by atoms with van der Waals surface area (Å²) in [5.74, 6) is -0.718. The van der Waals surface area contributed by atoms with Crippen molar-refractivity contribution < 1.29 is 18.0 Å². The molecule has 0 bridgehead atoms. The average molecular weight is 424 g/mol. The van der Waals surface area contributed by atoms with Crippen LogP contribution in [-0.2, 0) is 19.6 Å². The third-order valence-electron chi connectivity index (χ3n) is 4.03. The fourth-order valence-corrected chi connectivity index (χ4v) is 4.39. The van der Waals surface area contributed by atoms with Gasteiger partial charge in [0.25, 0.3) is 0 Å². The van der Waals surface area contributed by atoms with Crippen molar-refractivity contribution in [1.29, 1.82) is 0 Å². The van der Waals surface area contributed by atoms with Crippen LogP contribution < -0.4 is 15.4 Å². The lowest BCUT2D eigenvalue weighted by Gasteiger charge is -2.21. The normalized spacial score (nSPS) is 12.6. The van der Waals surface area contributed by atoms with Crippen LogP contribution in [0.15, 0.2) is 46.7 Å². The highest BCUT2D eigenvalue weighted by molar-refractivity contribution is 7.89. The topological polar surface area (TPSA) is 104 Å². The summed E-state index contributed by atoms with van der Waals surface area (Å²) in [7, 11) is -3.78. The van der Waals surface area contributed by atoms with Gasteiger partial charge in [0.05, 0.1) is 24.0 Å². The Morgan fingerprint density at radius 3 is 2.29 bits per heavy atom. The van der Waals surface area contributed by atoms with E-state index in [0.717, 1.165) is 10.4 Å². The van der Waals surface area contributed by atoms with E-state index in [0.29, 0.717) is 0 Å². The van der Waals surface area contributed by atoms with Gasteiger partial charge < -0.3 is 10.6 Å². The van der Waals surface area contributed by atoms with Crippen LogP contribution in [0.2, 0.25) is 0 Å². The average Bonchev–Trinajstić information content (AvgIpc) is 3.17. The van der Waals surface area contributed by atoms with Crippen LogP contribution in [0.1, 0.15) is 30.3 Å². The molecule has 0 fully saturated rings. The van der Waals surface area contributed by atoms with E-state index in [1.165, 1.54) is 12.1 Å². The summed E-state index contributed by atoms with van der Waals surface area (Å²) >= 11 is 1.56. The molecule has 0 radical (unpaired) electrons. The van der Waals surface area contributed by atoms with Crippen molar-refractivity contribution in [2.75, 3.05) is 13.1 Å². The molecule has 0 aliphatic rings. The minimum absolute atomic E-state index is 0.0827. The van der Waals surface area contributed by atoms with Crippen molar-refractivity contribution in [1.82, 2.24) is 15.4 Å². The molecule has 2 aromatic rings. The van der Waals surface area contributed by atoms with Crippen LogP contribution in [0.5, 0.6) is 0 Å². The second-order valence-electron chi connectivity index (χ2n) is 6.72. The Labute approximate surface area is 169 Å². The molecule has 1 heterocycles. The predicted octanol–water partition coefficient (Wildman–Crippen LogP) is 1.96. The zero-order valence-electron chi connectivity index (χ0n) is 16.1. The van der Waals surface area contributed by atoms with Crippen molar-refractivity contribution in [2.24, 2.45) is 5.92 Å². The van der Waals surface area contributed by atoms with Crippen LogP contribution in [0, 0.1) is 12.8 Å². The van der Waals surface area contributed by atoms with Gasteiger partial charge in [0.15, 0.2) is 0 Å². The van der Waals surface area contributed by atoms with Crippen molar-refractivity contribution in [3.63, 3.8) is 0 Å². The molecule has 2 rings (SSSR count). The van der Waals surface area contributed by atoms with Gasteiger partial charge in [-0.3, -0.25) is 9.59 Å². The molecule has 0 aliphatic carbocycles. The highest BCUT2D eigenvalue weighted by Crippen LogP contribution is 2.25. The second-order valence-corrected chi connectivity index (χ2v) is 9.47. The van der Waals surface area contributed by atoms with E-state index < -0.39 is 22.5 Å². The quantitative estimate of drug-likeness (QED) is 0.573. The Balaban J connectivity index is 1.81. The minimum atomic E-state index is -3.78. The number of carbonyl (C=O) groups is 2. The Bertz CT molecular complexity index is 892. The lowest BCUT2D eigenvalue weighted by Crippen LogP contribution is -2.43. The minimum Gasteiger partial charge on any atom is -0.347 e. The van der Waals surface area contributed by atoms with E-state index >= 15 is 0 Å². The van der Waals surface area contributed by atoms with Crippen LogP contribution in [0.4, 0.5) is 0 Å². The molecule has 0 unspecified atom stereocenters. The van der Waals surface area contributed by atoms with Crippen molar-refractivity contribution >= 4 is 33.2 Å². The summed E-state index contributed by atoms with van der Waals surface area (Å²) in [6.45, 7) is 5.19. The first-order chi connectivity index (χ1) is 13.2. The molecule has 7 nitrogen and oxygen atoms in total. The molecule has 9 heteroatoms. The largest absolute Gasteiger partial charge is 0.347 e. The standard InChI is InChI=1S/C19H25N3O4S2/c1-13(2)19(16-5-4-10-27-16)22-18(24)11-20-17(23)12-21-28(25,26)15-8-6-14(3)7-9-15/h4-10,13,19,21H,11-12H2,1-3H3,(H,20,23)(H,22,24)/t19-/m1/s1. The summed E-state index contributed by atoms with van der Waals surface area (Å²) in [5.41, 5.74) is 0.935. The second kappa shape index (κ2) is 9.81. The number of thiophene rings is 1. The van der Waals surface area contributed by atoms with Crippen LogP contribution >= 0.6 is 11.3 Å². The number of rotatable bonds is 9. The molecule has 3 N–H and O–H groups in total. The Kier molecular flexibility index (Phi) is 7.73. The van der Waals surface area contributed by atoms with Gasteiger partial charge in [-0.2, -0.15) is 0 Å². The number of carbonyl (C=O) groups excluding carboxylic acids is 2. The number of benzene rings is 1. The summed E-state index contributed by atoms with van der Waals surface area (Å²) in [6.07, 6.45) is 0. The molecule has 1 atom stereocenters. The highest BCUT2D eigenvalue weighted by atomic mass is 32.2. The Morgan fingerprint density at radius 2 is 1.71 bits per heavy atom. The maximum absolute atomic E-state index is 12.2. The van der Waals surface area contributed by atoms with Gasteiger partial charge in [-0.1, -0.05) is 37.6 Å². The van der Waals surface area contributed by atoms with E-state index in [1.807, 2.05) is 38.3 Å². The van der Waals surface area contributed by atoms with E-state index in [1.54, 1.807) is 23.5 Å². The lowest BCUT2D eigenvalue weighted by molar-refractivity contribution is -0.126. The fourth-order valence-electron chi connectivity index (χ4n) is 2.46. The SMILES string of the molecule is Cc1ccc(S(=O)(=O)NCC(=O)NCC(=O)N[C@@H](c2cccs2)C(C)C)cc1. The van der Waals surface area contributed by atoms with Gasteiger partial charge in [0.2, 0.25) is 21.8 Å². The smallest absolute Gasteiger partial charge is 0.241 e. The molecule has 0 saturated carbocycles. The monoisotopic (exact) mass is 423 g/mol. The fraction of sp³-hybridized carbons (Fsp3) is 0.368. The Hall–Kier alpha value is -2.23. The summed E-state index contributed by atoms with van der Waals surface area (Å²) in [4.78, 5) is 25.2. The van der Waals surface area contributed by atoms with Crippen molar-refractivity contribution in [3.8, 4) is 0 Å². The van der Waals surface area contributed by atoms with Gasteiger partial charge in [-0.25, -0.2) is 13.1 Å². The van der Waals surface area contributed by atoms with Crippen LogP contribution in [0.25, 0.3) is 0 Å².